The summed E-state index contributed by atoms with van der Waals surface area (Å²) in [5.74, 6) is 0. The van der Waals surface area contributed by atoms with E-state index >= 15 is 0 Å². The Morgan fingerprint density at radius 3 is 2.53 bits per heavy atom. The Bertz CT molecular complexity index is 398. The summed E-state index contributed by atoms with van der Waals surface area (Å²) in [7, 11) is 0. The van der Waals surface area contributed by atoms with Gasteiger partial charge in [-0.25, -0.2) is 4.98 Å². The minimum atomic E-state index is -4.33. The zero-order valence-corrected chi connectivity index (χ0v) is 12.3. The third-order valence-electron chi connectivity index (χ3n) is 2.31. The van der Waals surface area contributed by atoms with Crippen molar-refractivity contribution in [2.24, 2.45) is 0 Å². The lowest BCUT2D eigenvalue weighted by Crippen LogP contribution is -2.35. The molecular formula is C12H19F3N2OS. The SMILES string of the molecule is CC(OCc1csc(CNC(C)(C)C)n1)C(F)(F)F. The topological polar surface area (TPSA) is 34.1 Å². The zero-order chi connectivity index (χ0) is 14.7. The average molecular weight is 296 g/mol. The standard InChI is InChI=1S/C12H19F3N2OS/c1-8(12(13,14)15)18-6-9-7-19-10(17-9)5-16-11(2,3)4/h7-8,16H,5-6H2,1-4H3. The van der Waals surface area contributed by atoms with Crippen LogP contribution < -0.4 is 5.32 Å². The van der Waals surface area contributed by atoms with Crippen molar-refractivity contribution in [1.29, 1.82) is 0 Å². The van der Waals surface area contributed by atoms with Gasteiger partial charge in [0.15, 0.2) is 6.10 Å². The molecule has 0 bridgehead atoms. The lowest BCUT2D eigenvalue weighted by molar-refractivity contribution is -0.217. The Labute approximate surface area is 115 Å². The molecule has 0 spiro atoms. The molecule has 0 aromatic carbocycles. The molecule has 1 heterocycles. The van der Waals surface area contributed by atoms with Crippen LogP contribution in [-0.2, 0) is 17.9 Å². The fraction of sp³-hybridized carbons (Fsp3) is 0.750. The first-order valence-electron chi connectivity index (χ1n) is 5.94. The molecule has 0 amide bonds. The maximum Gasteiger partial charge on any atom is 0.414 e. The fourth-order valence-corrected chi connectivity index (χ4v) is 1.86. The number of halogens is 3. The first-order chi connectivity index (χ1) is 8.58. The Morgan fingerprint density at radius 2 is 2.00 bits per heavy atom. The summed E-state index contributed by atoms with van der Waals surface area (Å²) in [6.45, 7) is 7.59. The molecule has 1 unspecified atom stereocenters. The van der Waals surface area contributed by atoms with E-state index in [4.69, 9.17) is 4.74 Å². The highest BCUT2D eigenvalue weighted by atomic mass is 32.1. The quantitative estimate of drug-likeness (QED) is 0.903. The molecule has 1 aromatic rings. The van der Waals surface area contributed by atoms with Crippen LogP contribution in [0.15, 0.2) is 5.38 Å². The minimum Gasteiger partial charge on any atom is -0.363 e. The second-order valence-corrected chi connectivity index (χ2v) is 6.27. The van der Waals surface area contributed by atoms with Crippen molar-refractivity contribution < 1.29 is 17.9 Å². The molecule has 0 fully saturated rings. The number of hydrogen-bond acceptors (Lipinski definition) is 4. The van der Waals surface area contributed by atoms with E-state index in [0.717, 1.165) is 11.9 Å². The molecule has 7 heteroatoms. The van der Waals surface area contributed by atoms with Crippen LogP contribution in [0.1, 0.15) is 38.4 Å². The van der Waals surface area contributed by atoms with Gasteiger partial charge < -0.3 is 10.1 Å². The lowest BCUT2D eigenvalue weighted by atomic mass is 10.1. The fourth-order valence-electron chi connectivity index (χ4n) is 1.14. The van der Waals surface area contributed by atoms with E-state index in [-0.39, 0.29) is 12.1 Å². The number of rotatable bonds is 5. The van der Waals surface area contributed by atoms with E-state index < -0.39 is 12.3 Å². The summed E-state index contributed by atoms with van der Waals surface area (Å²) in [6.07, 6.45) is -6.10. The van der Waals surface area contributed by atoms with Crippen molar-refractivity contribution in [2.45, 2.75) is 58.7 Å². The van der Waals surface area contributed by atoms with Gasteiger partial charge in [0.25, 0.3) is 0 Å². The van der Waals surface area contributed by atoms with Gasteiger partial charge >= 0.3 is 6.18 Å². The molecule has 1 aromatic heterocycles. The summed E-state index contributed by atoms with van der Waals surface area (Å²) in [5.41, 5.74) is 0.513. The van der Waals surface area contributed by atoms with Gasteiger partial charge in [-0.3, -0.25) is 0 Å². The van der Waals surface area contributed by atoms with E-state index in [0.29, 0.717) is 12.2 Å². The normalized spacial score (nSPS) is 14.7. The van der Waals surface area contributed by atoms with E-state index in [1.165, 1.54) is 11.3 Å². The third kappa shape index (κ3) is 6.35. The molecule has 1 N–H and O–H groups in total. The summed E-state index contributed by atoms with van der Waals surface area (Å²) in [4.78, 5) is 4.23. The molecule has 1 atom stereocenters. The van der Waals surface area contributed by atoms with Gasteiger partial charge in [0, 0.05) is 17.5 Å². The number of ether oxygens (including phenoxy) is 1. The Morgan fingerprint density at radius 1 is 1.37 bits per heavy atom. The lowest BCUT2D eigenvalue weighted by Gasteiger charge is -2.19. The first kappa shape index (κ1) is 16.4. The monoisotopic (exact) mass is 296 g/mol. The van der Waals surface area contributed by atoms with Gasteiger partial charge in [0.1, 0.15) is 5.01 Å². The molecule has 0 aliphatic heterocycles. The van der Waals surface area contributed by atoms with Crippen LogP contribution in [0.2, 0.25) is 0 Å². The molecule has 0 saturated heterocycles. The molecule has 3 nitrogen and oxygen atoms in total. The maximum absolute atomic E-state index is 12.3. The highest BCUT2D eigenvalue weighted by Gasteiger charge is 2.36. The van der Waals surface area contributed by atoms with Crippen LogP contribution in [0, 0.1) is 0 Å². The van der Waals surface area contributed by atoms with Gasteiger partial charge in [-0.1, -0.05) is 0 Å². The van der Waals surface area contributed by atoms with Crippen molar-refractivity contribution in [3.05, 3.63) is 16.1 Å². The number of nitrogens with one attached hydrogen (secondary N) is 1. The summed E-state index contributed by atoms with van der Waals surface area (Å²) >= 11 is 1.41. The van der Waals surface area contributed by atoms with Crippen molar-refractivity contribution >= 4 is 11.3 Å². The van der Waals surface area contributed by atoms with Gasteiger partial charge in [0.2, 0.25) is 0 Å². The van der Waals surface area contributed by atoms with Crippen molar-refractivity contribution in [2.75, 3.05) is 0 Å². The third-order valence-corrected chi connectivity index (χ3v) is 3.21. The van der Waals surface area contributed by atoms with Gasteiger partial charge in [-0.05, 0) is 27.7 Å². The first-order valence-corrected chi connectivity index (χ1v) is 6.82. The number of hydrogen-bond donors (Lipinski definition) is 1. The highest BCUT2D eigenvalue weighted by Crippen LogP contribution is 2.23. The zero-order valence-electron chi connectivity index (χ0n) is 11.5. The highest BCUT2D eigenvalue weighted by molar-refractivity contribution is 7.09. The van der Waals surface area contributed by atoms with Crippen LogP contribution in [-0.4, -0.2) is 22.8 Å². The van der Waals surface area contributed by atoms with Crippen molar-refractivity contribution in [3.8, 4) is 0 Å². The molecule has 0 saturated carbocycles. The predicted molar refractivity (Wildman–Crippen MR) is 69.0 cm³/mol. The van der Waals surface area contributed by atoms with Crippen LogP contribution in [0.3, 0.4) is 0 Å². The Balaban J connectivity index is 2.43. The van der Waals surface area contributed by atoms with Crippen LogP contribution in [0.4, 0.5) is 13.2 Å². The summed E-state index contributed by atoms with van der Waals surface area (Å²) in [5, 5.41) is 5.83. The number of thiazole rings is 1. The van der Waals surface area contributed by atoms with E-state index in [2.05, 4.69) is 10.3 Å². The Hall–Kier alpha value is -0.660. The molecule has 110 valence electrons. The molecule has 19 heavy (non-hydrogen) atoms. The minimum absolute atomic E-state index is 0.0207. The van der Waals surface area contributed by atoms with Crippen molar-refractivity contribution in [3.63, 3.8) is 0 Å². The number of aromatic nitrogens is 1. The van der Waals surface area contributed by atoms with E-state index in [1.54, 1.807) is 5.38 Å². The molecule has 0 aliphatic carbocycles. The van der Waals surface area contributed by atoms with E-state index in [9.17, 15) is 13.2 Å². The van der Waals surface area contributed by atoms with Crippen LogP contribution >= 0.6 is 11.3 Å². The molecule has 0 aliphatic rings. The predicted octanol–water partition coefficient (Wildman–Crippen LogP) is 3.50. The second kappa shape index (κ2) is 6.19. The van der Waals surface area contributed by atoms with Gasteiger partial charge in [0.05, 0.1) is 12.3 Å². The average Bonchev–Trinajstić information content (AvgIpc) is 2.68. The van der Waals surface area contributed by atoms with Crippen molar-refractivity contribution in [1.82, 2.24) is 10.3 Å². The van der Waals surface area contributed by atoms with E-state index in [1.807, 2.05) is 20.8 Å². The maximum atomic E-state index is 12.3. The molecular weight excluding hydrogens is 277 g/mol. The Kier molecular flexibility index (Phi) is 5.34. The second-order valence-electron chi connectivity index (χ2n) is 5.33. The van der Waals surface area contributed by atoms with Gasteiger partial charge in [-0.15, -0.1) is 11.3 Å². The van der Waals surface area contributed by atoms with Crippen LogP contribution in [0.25, 0.3) is 0 Å². The van der Waals surface area contributed by atoms with Gasteiger partial charge in [-0.2, -0.15) is 13.2 Å². The number of alkyl halides is 3. The smallest absolute Gasteiger partial charge is 0.363 e. The molecule has 0 radical (unpaired) electrons. The summed E-state index contributed by atoms with van der Waals surface area (Å²) < 4.78 is 41.5. The summed E-state index contributed by atoms with van der Waals surface area (Å²) in [6, 6.07) is 0. The van der Waals surface area contributed by atoms with Crippen LogP contribution in [0.5, 0.6) is 0 Å². The largest absolute Gasteiger partial charge is 0.414 e. The molecule has 1 rings (SSSR count). The number of nitrogens with zero attached hydrogens (tertiary/aromatic N) is 1.